The summed E-state index contributed by atoms with van der Waals surface area (Å²) < 4.78 is 21.0. The first kappa shape index (κ1) is 22.4. The summed E-state index contributed by atoms with van der Waals surface area (Å²) in [5.41, 5.74) is 6.66. The van der Waals surface area contributed by atoms with Gasteiger partial charge in [-0.3, -0.25) is 4.79 Å². The Balaban J connectivity index is 1.53. The molecule has 0 N–H and O–H groups in total. The standard InChI is InChI=1S/C32H20BrFO2/c33-24-11-18-29-28-3-1-2-4-30(28)32(31(29)19-24,22-7-12-25(34)13-8-22)23-9-16-27(17-10-23)36-26-14-5-21(20-35)6-15-26/h1-20H. The quantitative estimate of drug-likeness (QED) is 0.207. The van der Waals surface area contributed by atoms with Gasteiger partial charge in [0.25, 0.3) is 0 Å². The summed E-state index contributed by atoms with van der Waals surface area (Å²) in [4.78, 5) is 10.9. The lowest BCUT2D eigenvalue weighted by molar-refractivity contribution is 0.112. The fourth-order valence-electron chi connectivity index (χ4n) is 5.26. The highest BCUT2D eigenvalue weighted by molar-refractivity contribution is 9.10. The van der Waals surface area contributed by atoms with Gasteiger partial charge in [-0.15, -0.1) is 0 Å². The zero-order valence-electron chi connectivity index (χ0n) is 19.1. The fourth-order valence-corrected chi connectivity index (χ4v) is 5.62. The van der Waals surface area contributed by atoms with Gasteiger partial charge < -0.3 is 4.74 Å². The van der Waals surface area contributed by atoms with Crippen LogP contribution in [0, 0.1) is 5.82 Å². The van der Waals surface area contributed by atoms with Crippen LogP contribution in [0.4, 0.5) is 4.39 Å². The van der Waals surface area contributed by atoms with Gasteiger partial charge in [0.2, 0.25) is 0 Å². The summed E-state index contributed by atoms with van der Waals surface area (Å²) in [6.07, 6.45) is 0.809. The molecule has 6 rings (SSSR count). The maximum Gasteiger partial charge on any atom is 0.150 e. The van der Waals surface area contributed by atoms with Crippen molar-refractivity contribution in [2.75, 3.05) is 0 Å². The second kappa shape index (κ2) is 8.89. The molecule has 1 aliphatic rings. The summed E-state index contributed by atoms with van der Waals surface area (Å²) in [6.45, 7) is 0. The van der Waals surface area contributed by atoms with Crippen molar-refractivity contribution in [1.82, 2.24) is 0 Å². The normalized spacial score (nSPS) is 15.7. The molecule has 0 amide bonds. The SMILES string of the molecule is O=Cc1ccc(Oc2ccc(C3(c4ccc(F)cc4)c4ccccc4-c4ccc(Br)cc43)cc2)cc1. The lowest BCUT2D eigenvalue weighted by atomic mass is 9.68. The molecule has 0 aromatic heterocycles. The Morgan fingerprint density at radius 1 is 0.667 bits per heavy atom. The van der Waals surface area contributed by atoms with E-state index in [1.54, 1.807) is 24.3 Å². The summed E-state index contributed by atoms with van der Waals surface area (Å²) in [5, 5.41) is 0. The molecule has 0 saturated heterocycles. The van der Waals surface area contributed by atoms with E-state index in [1.165, 1.54) is 17.7 Å². The monoisotopic (exact) mass is 534 g/mol. The number of carbonyl (C=O) groups is 1. The lowest BCUT2D eigenvalue weighted by Gasteiger charge is -2.34. The molecule has 174 valence electrons. The number of aldehydes is 1. The van der Waals surface area contributed by atoms with E-state index in [-0.39, 0.29) is 5.82 Å². The predicted octanol–water partition coefficient (Wildman–Crippen LogP) is 8.56. The molecule has 0 aliphatic heterocycles. The van der Waals surface area contributed by atoms with Gasteiger partial charge in [0.15, 0.2) is 0 Å². The molecule has 36 heavy (non-hydrogen) atoms. The molecule has 0 heterocycles. The second-order valence-corrected chi connectivity index (χ2v) is 9.72. The van der Waals surface area contributed by atoms with Crippen LogP contribution in [0.3, 0.4) is 0 Å². The summed E-state index contributed by atoms with van der Waals surface area (Å²) in [6, 6.07) is 36.6. The Kier molecular flexibility index (Phi) is 5.54. The summed E-state index contributed by atoms with van der Waals surface area (Å²) in [5.74, 6) is 1.08. The smallest absolute Gasteiger partial charge is 0.150 e. The van der Waals surface area contributed by atoms with Gasteiger partial charge in [0.1, 0.15) is 23.6 Å². The second-order valence-electron chi connectivity index (χ2n) is 8.81. The minimum absolute atomic E-state index is 0.265. The van der Waals surface area contributed by atoms with E-state index in [1.807, 2.05) is 24.3 Å². The molecule has 0 fully saturated rings. The Labute approximate surface area is 217 Å². The average Bonchev–Trinajstić information content (AvgIpc) is 3.20. The molecular formula is C32H20BrFO2. The molecule has 2 nitrogen and oxygen atoms in total. The van der Waals surface area contributed by atoms with Crippen molar-refractivity contribution in [2.45, 2.75) is 5.41 Å². The van der Waals surface area contributed by atoms with Crippen molar-refractivity contribution >= 4 is 22.2 Å². The Morgan fingerprint density at radius 3 is 1.92 bits per heavy atom. The Morgan fingerprint density at radius 2 is 1.25 bits per heavy atom. The molecule has 0 saturated carbocycles. The minimum atomic E-state index is -0.618. The highest BCUT2D eigenvalue weighted by Gasteiger charge is 2.46. The van der Waals surface area contributed by atoms with Crippen molar-refractivity contribution in [3.63, 3.8) is 0 Å². The predicted molar refractivity (Wildman–Crippen MR) is 143 cm³/mol. The van der Waals surface area contributed by atoms with E-state index in [9.17, 15) is 9.18 Å². The molecule has 1 unspecified atom stereocenters. The van der Waals surface area contributed by atoms with Gasteiger partial charge in [0, 0.05) is 10.0 Å². The number of benzene rings is 5. The van der Waals surface area contributed by atoms with E-state index >= 15 is 0 Å². The number of rotatable bonds is 5. The van der Waals surface area contributed by atoms with E-state index in [0.29, 0.717) is 17.1 Å². The Hall–Kier alpha value is -4.02. The molecule has 4 heteroatoms. The molecule has 0 bridgehead atoms. The van der Waals surface area contributed by atoms with Crippen LogP contribution in [0.1, 0.15) is 32.6 Å². The van der Waals surface area contributed by atoms with E-state index in [2.05, 4.69) is 70.5 Å². The van der Waals surface area contributed by atoms with Gasteiger partial charge in [0.05, 0.1) is 5.41 Å². The first-order valence-corrected chi connectivity index (χ1v) is 12.4. The first-order valence-electron chi connectivity index (χ1n) is 11.6. The molecule has 0 spiro atoms. The van der Waals surface area contributed by atoms with E-state index in [4.69, 9.17) is 4.74 Å². The number of hydrogen-bond acceptors (Lipinski definition) is 2. The van der Waals surface area contributed by atoms with Crippen LogP contribution in [0.5, 0.6) is 11.5 Å². The van der Waals surface area contributed by atoms with E-state index < -0.39 is 5.41 Å². The largest absolute Gasteiger partial charge is 0.457 e. The van der Waals surface area contributed by atoms with Gasteiger partial charge in [-0.1, -0.05) is 70.5 Å². The van der Waals surface area contributed by atoms with Gasteiger partial charge in [-0.25, -0.2) is 4.39 Å². The third-order valence-electron chi connectivity index (χ3n) is 6.82. The van der Waals surface area contributed by atoms with Gasteiger partial charge >= 0.3 is 0 Å². The van der Waals surface area contributed by atoms with Crippen LogP contribution < -0.4 is 4.74 Å². The molecule has 1 aliphatic carbocycles. The van der Waals surface area contributed by atoms with Crippen LogP contribution in [0.15, 0.2) is 120 Å². The lowest BCUT2D eigenvalue weighted by Crippen LogP contribution is -2.28. The minimum Gasteiger partial charge on any atom is -0.457 e. The zero-order chi connectivity index (χ0) is 24.7. The molecule has 5 aromatic rings. The zero-order valence-corrected chi connectivity index (χ0v) is 20.7. The van der Waals surface area contributed by atoms with Gasteiger partial charge in [-0.05, 0) is 94.0 Å². The topological polar surface area (TPSA) is 26.3 Å². The van der Waals surface area contributed by atoms with E-state index in [0.717, 1.165) is 38.6 Å². The van der Waals surface area contributed by atoms with Crippen molar-refractivity contribution in [3.05, 3.63) is 153 Å². The van der Waals surface area contributed by atoms with Crippen molar-refractivity contribution in [3.8, 4) is 22.6 Å². The van der Waals surface area contributed by atoms with Crippen LogP contribution in [-0.4, -0.2) is 6.29 Å². The van der Waals surface area contributed by atoms with Crippen molar-refractivity contribution < 1.29 is 13.9 Å². The molecule has 0 radical (unpaired) electrons. The third-order valence-corrected chi connectivity index (χ3v) is 7.32. The molecule has 5 aromatic carbocycles. The third kappa shape index (κ3) is 3.57. The van der Waals surface area contributed by atoms with Crippen molar-refractivity contribution in [1.29, 1.82) is 0 Å². The fraction of sp³-hybridized carbons (Fsp3) is 0.0312. The average molecular weight is 535 g/mol. The van der Waals surface area contributed by atoms with Crippen molar-refractivity contribution in [2.24, 2.45) is 0 Å². The summed E-state index contributed by atoms with van der Waals surface area (Å²) >= 11 is 3.68. The maximum atomic E-state index is 14.0. The van der Waals surface area contributed by atoms with Crippen LogP contribution >= 0.6 is 15.9 Å². The number of halogens is 2. The molecule has 1 atom stereocenters. The van der Waals surface area contributed by atoms with Crippen LogP contribution in [-0.2, 0) is 5.41 Å². The molecular weight excluding hydrogens is 515 g/mol. The number of fused-ring (bicyclic) bond motifs is 3. The highest BCUT2D eigenvalue weighted by atomic mass is 79.9. The number of hydrogen-bond donors (Lipinski definition) is 0. The van der Waals surface area contributed by atoms with Gasteiger partial charge in [-0.2, -0.15) is 0 Å². The van der Waals surface area contributed by atoms with Crippen LogP contribution in [0.25, 0.3) is 11.1 Å². The first-order chi connectivity index (χ1) is 17.6. The Bertz CT molecular complexity index is 1570. The number of carbonyl (C=O) groups excluding carboxylic acids is 1. The summed E-state index contributed by atoms with van der Waals surface area (Å²) in [7, 11) is 0. The maximum absolute atomic E-state index is 14.0. The van der Waals surface area contributed by atoms with Crippen LogP contribution in [0.2, 0.25) is 0 Å². The number of ether oxygens (including phenoxy) is 1. The highest BCUT2D eigenvalue weighted by Crippen LogP contribution is 2.56.